The van der Waals surface area contributed by atoms with E-state index in [1.807, 2.05) is 0 Å². The van der Waals surface area contributed by atoms with Gasteiger partial charge in [0.1, 0.15) is 5.82 Å². The average Bonchev–Trinajstić information content (AvgIpc) is 3.14. The van der Waals surface area contributed by atoms with Gasteiger partial charge in [-0.25, -0.2) is 17.5 Å². The maximum atomic E-state index is 12.9. The lowest BCUT2D eigenvalue weighted by atomic mass is 10.1. The smallest absolute Gasteiger partial charge is 0.241 e. The molecule has 0 unspecified atom stereocenters. The van der Waals surface area contributed by atoms with E-state index in [0.717, 1.165) is 12.0 Å². The number of nitrogens with zero attached hydrogens (tertiary/aromatic N) is 1. The van der Waals surface area contributed by atoms with Crippen molar-refractivity contribution in [1.82, 2.24) is 10.0 Å². The summed E-state index contributed by atoms with van der Waals surface area (Å²) in [5.74, 6) is -0.765. The Morgan fingerprint density at radius 3 is 2.38 bits per heavy atom. The van der Waals surface area contributed by atoms with E-state index in [9.17, 15) is 22.4 Å². The number of hydrogen-bond donors (Lipinski definition) is 2. The number of amides is 2. The number of benzene rings is 2. The van der Waals surface area contributed by atoms with Gasteiger partial charge < -0.3 is 10.2 Å². The average molecular weight is 419 g/mol. The van der Waals surface area contributed by atoms with Gasteiger partial charge in [-0.1, -0.05) is 12.1 Å². The molecule has 0 aliphatic carbocycles. The van der Waals surface area contributed by atoms with Gasteiger partial charge in [0.15, 0.2) is 0 Å². The lowest BCUT2D eigenvalue weighted by molar-refractivity contribution is -0.120. The summed E-state index contributed by atoms with van der Waals surface area (Å²) >= 11 is 0. The number of carbonyl (C=O) groups is 2. The van der Waals surface area contributed by atoms with Crippen LogP contribution in [0.2, 0.25) is 0 Å². The first-order valence-electron chi connectivity index (χ1n) is 9.26. The molecule has 0 atom stereocenters. The van der Waals surface area contributed by atoms with E-state index < -0.39 is 22.5 Å². The van der Waals surface area contributed by atoms with E-state index in [2.05, 4.69) is 10.0 Å². The minimum atomic E-state index is -3.85. The van der Waals surface area contributed by atoms with Gasteiger partial charge in [0.25, 0.3) is 0 Å². The van der Waals surface area contributed by atoms with E-state index in [1.54, 1.807) is 29.2 Å². The Bertz CT molecular complexity index is 976. The van der Waals surface area contributed by atoms with Crippen molar-refractivity contribution in [1.29, 1.82) is 0 Å². The van der Waals surface area contributed by atoms with Gasteiger partial charge in [-0.05, 0) is 54.8 Å². The third-order valence-electron chi connectivity index (χ3n) is 4.60. The zero-order valence-electron chi connectivity index (χ0n) is 15.7. The van der Waals surface area contributed by atoms with Gasteiger partial charge >= 0.3 is 0 Å². The topological polar surface area (TPSA) is 95.6 Å². The molecule has 29 heavy (non-hydrogen) atoms. The molecule has 1 aliphatic rings. The van der Waals surface area contributed by atoms with Crippen LogP contribution < -0.4 is 14.9 Å². The molecule has 1 aliphatic heterocycles. The van der Waals surface area contributed by atoms with E-state index in [4.69, 9.17) is 0 Å². The number of carbonyl (C=O) groups excluding carboxylic acids is 2. The van der Waals surface area contributed by atoms with Crippen molar-refractivity contribution in [2.45, 2.75) is 24.2 Å². The zero-order valence-corrected chi connectivity index (χ0v) is 16.5. The first-order valence-corrected chi connectivity index (χ1v) is 10.7. The Balaban J connectivity index is 1.48. The van der Waals surface area contributed by atoms with Crippen LogP contribution in [0.4, 0.5) is 10.1 Å². The molecule has 1 saturated heterocycles. The molecule has 0 bridgehead atoms. The first kappa shape index (κ1) is 20.9. The highest BCUT2D eigenvalue weighted by Crippen LogP contribution is 2.22. The predicted octanol–water partition coefficient (Wildman–Crippen LogP) is 1.59. The van der Waals surface area contributed by atoms with Crippen molar-refractivity contribution in [3.05, 3.63) is 59.9 Å². The molecule has 0 radical (unpaired) electrons. The molecule has 2 N–H and O–H groups in total. The monoisotopic (exact) mass is 419 g/mol. The molecular formula is C20H22FN3O4S. The Hall–Kier alpha value is -2.78. The Kier molecular flexibility index (Phi) is 6.60. The summed E-state index contributed by atoms with van der Waals surface area (Å²) in [7, 11) is -3.85. The van der Waals surface area contributed by atoms with Gasteiger partial charge in [-0.2, -0.15) is 0 Å². The van der Waals surface area contributed by atoms with Crippen molar-refractivity contribution in [2.75, 3.05) is 24.5 Å². The molecular weight excluding hydrogens is 397 g/mol. The van der Waals surface area contributed by atoms with E-state index in [1.165, 1.54) is 24.3 Å². The van der Waals surface area contributed by atoms with Crippen molar-refractivity contribution >= 4 is 27.5 Å². The second-order valence-corrected chi connectivity index (χ2v) is 8.46. The molecule has 9 heteroatoms. The number of halogens is 1. The number of rotatable bonds is 8. The van der Waals surface area contributed by atoms with Gasteiger partial charge in [-0.3, -0.25) is 9.59 Å². The Morgan fingerprint density at radius 1 is 1.07 bits per heavy atom. The van der Waals surface area contributed by atoms with Gasteiger partial charge in [-0.15, -0.1) is 0 Å². The fourth-order valence-corrected chi connectivity index (χ4v) is 4.01. The highest BCUT2D eigenvalue weighted by atomic mass is 32.2. The maximum Gasteiger partial charge on any atom is 0.241 e. The summed E-state index contributed by atoms with van der Waals surface area (Å²) in [4.78, 5) is 25.3. The van der Waals surface area contributed by atoms with Crippen molar-refractivity contribution in [3.8, 4) is 0 Å². The summed E-state index contributed by atoms with van der Waals surface area (Å²) in [6.07, 6.45) is 1.80. The lowest BCUT2D eigenvalue weighted by Gasteiger charge is -2.16. The molecule has 2 amide bonds. The Morgan fingerprint density at radius 2 is 1.76 bits per heavy atom. The predicted molar refractivity (Wildman–Crippen MR) is 106 cm³/mol. The molecule has 7 nitrogen and oxygen atoms in total. The third-order valence-corrected chi connectivity index (χ3v) is 6.02. The minimum absolute atomic E-state index is 0.0204. The number of anilines is 1. The maximum absolute atomic E-state index is 12.9. The summed E-state index contributed by atoms with van der Waals surface area (Å²) in [6.45, 7) is 0.546. The summed E-state index contributed by atoms with van der Waals surface area (Å²) in [5, 5.41) is 2.62. The zero-order chi connectivity index (χ0) is 20.9. The largest absolute Gasteiger partial charge is 0.355 e. The van der Waals surface area contributed by atoms with E-state index >= 15 is 0 Å². The molecule has 1 fully saturated rings. The van der Waals surface area contributed by atoms with Crippen LogP contribution in [0.3, 0.4) is 0 Å². The quantitative estimate of drug-likeness (QED) is 0.679. The van der Waals surface area contributed by atoms with Crippen LogP contribution in [-0.4, -0.2) is 39.9 Å². The van der Waals surface area contributed by atoms with Gasteiger partial charge in [0.05, 0.1) is 11.4 Å². The second-order valence-electron chi connectivity index (χ2n) is 6.69. The number of sulfonamides is 1. The first-order chi connectivity index (χ1) is 13.8. The van der Waals surface area contributed by atoms with E-state index in [-0.39, 0.29) is 16.6 Å². The minimum Gasteiger partial charge on any atom is -0.355 e. The van der Waals surface area contributed by atoms with E-state index in [0.29, 0.717) is 31.6 Å². The lowest BCUT2D eigenvalue weighted by Crippen LogP contribution is -2.37. The number of hydrogen-bond acceptors (Lipinski definition) is 4. The van der Waals surface area contributed by atoms with Gasteiger partial charge in [0.2, 0.25) is 21.8 Å². The molecule has 154 valence electrons. The van der Waals surface area contributed by atoms with Crippen molar-refractivity contribution < 1.29 is 22.4 Å². The van der Waals surface area contributed by atoms with Crippen molar-refractivity contribution in [2.24, 2.45) is 0 Å². The number of nitrogens with one attached hydrogen (secondary N) is 2. The van der Waals surface area contributed by atoms with Crippen molar-refractivity contribution in [3.63, 3.8) is 0 Å². The SMILES string of the molecule is O=C(CNS(=O)(=O)c1ccc(N2CCCC2=O)cc1)NCCc1ccc(F)cc1. The molecule has 0 aromatic heterocycles. The van der Waals surface area contributed by atoms with Crippen LogP contribution in [0, 0.1) is 5.82 Å². The van der Waals surface area contributed by atoms with Crippen LogP contribution >= 0.6 is 0 Å². The van der Waals surface area contributed by atoms with Crippen LogP contribution in [0.25, 0.3) is 0 Å². The second kappa shape index (κ2) is 9.15. The molecule has 1 heterocycles. The fraction of sp³-hybridized carbons (Fsp3) is 0.300. The molecule has 3 rings (SSSR count). The summed E-state index contributed by atoms with van der Waals surface area (Å²) in [5.41, 5.74) is 1.52. The third kappa shape index (κ3) is 5.61. The van der Waals surface area contributed by atoms with Crippen LogP contribution in [-0.2, 0) is 26.0 Å². The summed E-state index contributed by atoms with van der Waals surface area (Å²) in [6, 6.07) is 11.9. The molecule has 2 aromatic carbocycles. The normalized spacial score (nSPS) is 14.2. The summed E-state index contributed by atoms with van der Waals surface area (Å²) < 4.78 is 39.8. The van der Waals surface area contributed by atoms with Crippen LogP contribution in [0.15, 0.2) is 53.4 Å². The standard InChI is InChI=1S/C20H22FN3O4S/c21-16-5-3-15(4-6-16)11-12-22-19(25)14-23-29(27,28)18-9-7-17(8-10-18)24-13-1-2-20(24)26/h3-10,23H,1-2,11-14H2,(H,22,25). The molecule has 0 spiro atoms. The molecule has 0 saturated carbocycles. The highest BCUT2D eigenvalue weighted by Gasteiger charge is 2.22. The fourth-order valence-electron chi connectivity index (χ4n) is 3.03. The Labute approximate surface area is 169 Å². The highest BCUT2D eigenvalue weighted by molar-refractivity contribution is 7.89. The van der Waals surface area contributed by atoms with Crippen LogP contribution in [0.1, 0.15) is 18.4 Å². The van der Waals surface area contributed by atoms with Gasteiger partial charge in [0, 0.05) is 25.2 Å². The molecule has 2 aromatic rings. The van der Waals surface area contributed by atoms with Crippen LogP contribution in [0.5, 0.6) is 0 Å².